The second-order valence-electron chi connectivity index (χ2n) is 5.90. The van der Waals surface area contributed by atoms with Crippen molar-refractivity contribution in [1.29, 1.82) is 0 Å². The fourth-order valence-corrected chi connectivity index (χ4v) is 2.86. The number of hydrogen-bond acceptors (Lipinski definition) is 3. The molecule has 3 atom stereocenters. The molecule has 0 aromatic heterocycles. The molecule has 2 rings (SSSR count). The molecule has 1 saturated heterocycles. The Morgan fingerprint density at radius 3 is 2.48 bits per heavy atom. The van der Waals surface area contributed by atoms with Crippen LogP contribution in [0.3, 0.4) is 0 Å². The maximum Gasteiger partial charge on any atom is 0.317 e. The highest BCUT2D eigenvalue weighted by Gasteiger charge is 2.28. The minimum atomic E-state index is -0.829. The molecule has 6 nitrogen and oxygen atoms in total. The first-order valence-electron chi connectivity index (χ1n) is 7.72. The summed E-state index contributed by atoms with van der Waals surface area (Å²) in [4.78, 5) is 27.3. The number of nitrogens with one attached hydrogen (secondary N) is 1. The number of carboxylic acid groups (broad SMARTS) is 1. The Hall–Kier alpha value is -1.56. The Morgan fingerprint density at radius 1 is 1.29 bits per heavy atom. The average Bonchev–Trinajstić information content (AvgIpc) is 2.95. The van der Waals surface area contributed by atoms with Crippen molar-refractivity contribution in [3.63, 3.8) is 0 Å². The Morgan fingerprint density at radius 2 is 1.95 bits per heavy atom. The van der Waals surface area contributed by atoms with Crippen LogP contribution in [0.5, 0.6) is 0 Å². The van der Waals surface area contributed by atoms with Crippen molar-refractivity contribution in [2.24, 2.45) is 5.92 Å². The first-order valence-corrected chi connectivity index (χ1v) is 7.72. The van der Waals surface area contributed by atoms with E-state index in [1.165, 1.54) is 0 Å². The molecule has 6 heteroatoms. The van der Waals surface area contributed by atoms with E-state index in [4.69, 9.17) is 5.11 Å². The number of hydrogen-bond donors (Lipinski definition) is 2. The summed E-state index contributed by atoms with van der Waals surface area (Å²) in [5.41, 5.74) is 0. The second-order valence-corrected chi connectivity index (χ2v) is 5.90. The van der Waals surface area contributed by atoms with Crippen LogP contribution < -0.4 is 5.32 Å². The van der Waals surface area contributed by atoms with Gasteiger partial charge in [-0.05, 0) is 19.8 Å². The van der Waals surface area contributed by atoms with Crippen molar-refractivity contribution >= 4 is 12.0 Å². The molecule has 0 bridgehead atoms. The Labute approximate surface area is 125 Å². The lowest BCUT2D eigenvalue weighted by Crippen LogP contribution is -2.54. The van der Waals surface area contributed by atoms with Crippen LogP contribution in [0.2, 0.25) is 0 Å². The summed E-state index contributed by atoms with van der Waals surface area (Å²) in [6.45, 7) is 7.66. The first-order chi connectivity index (χ1) is 10.0. The van der Waals surface area contributed by atoms with E-state index in [0.717, 1.165) is 32.6 Å². The molecule has 0 aromatic rings. The second kappa shape index (κ2) is 6.93. The highest BCUT2D eigenvalue weighted by molar-refractivity contribution is 5.76. The van der Waals surface area contributed by atoms with Crippen molar-refractivity contribution < 1.29 is 14.7 Å². The summed E-state index contributed by atoms with van der Waals surface area (Å²) in [7, 11) is 0. The minimum absolute atomic E-state index is 0.0838. The molecule has 1 aliphatic heterocycles. The number of amides is 2. The molecule has 2 N–H and O–H groups in total. The van der Waals surface area contributed by atoms with Gasteiger partial charge in [-0.3, -0.25) is 9.69 Å². The molecule has 1 aliphatic carbocycles. The number of nitrogens with zero attached hydrogens (tertiary/aromatic N) is 2. The normalized spacial score (nSPS) is 27.6. The van der Waals surface area contributed by atoms with Gasteiger partial charge in [0.15, 0.2) is 0 Å². The van der Waals surface area contributed by atoms with E-state index in [2.05, 4.69) is 24.1 Å². The van der Waals surface area contributed by atoms with Crippen LogP contribution in [-0.4, -0.2) is 65.2 Å². The van der Waals surface area contributed by atoms with Gasteiger partial charge in [0, 0.05) is 32.2 Å². The van der Waals surface area contributed by atoms with E-state index in [0.29, 0.717) is 12.5 Å². The molecule has 118 valence electrons. The molecule has 0 spiro atoms. The summed E-state index contributed by atoms with van der Waals surface area (Å²) in [6, 6.07) is 0.315. The Balaban J connectivity index is 1.76. The fourth-order valence-electron chi connectivity index (χ4n) is 2.86. The molecular formula is C15H25N3O3. The van der Waals surface area contributed by atoms with Gasteiger partial charge < -0.3 is 15.3 Å². The largest absolute Gasteiger partial charge is 0.481 e. The van der Waals surface area contributed by atoms with E-state index >= 15 is 0 Å². The van der Waals surface area contributed by atoms with Crippen molar-refractivity contribution in [1.82, 2.24) is 15.1 Å². The van der Waals surface area contributed by atoms with Gasteiger partial charge in [0.05, 0.1) is 12.0 Å². The SMILES string of the molecule is CCC(C)N1CCN(C(=O)NC2C=CC(C(=O)O)C2)CC1. The fraction of sp³-hybridized carbons (Fsp3) is 0.733. The summed E-state index contributed by atoms with van der Waals surface area (Å²) >= 11 is 0. The van der Waals surface area contributed by atoms with Gasteiger partial charge in [0.25, 0.3) is 0 Å². The molecule has 1 heterocycles. The standard InChI is InChI=1S/C15H25N3O3/c1-3-11(2)17-6-8-18(9-7-17)15(21)16-13-5-4-12(10-13)14(19)20/h4-5,11-13H,3,6-10H2,1-2H3,(H,16,21)(H,19,20). The summed E-state index contributed by atoms with van der Waals surface area (Å²) in [6.07, 6.45) is 5.02. The third-order valence-corrected chi connectivity index (χ3v) is 4.53. The van der Waals surface area contributed by atoms with E-state index < -0.39 is 11.9 Å². The van der Waals surface area contributed by atoms with Gasteiger partial charge in [0.2, 0.25) is 0 Å². The monoisotopic (exact) mass is 295 g/mol. The predicted octanol–water partition coefficient (Wildman–Crippen LogP) is 1.14. The van der Waals surface area contributed by atoms with Crippen LogP contribution >= 0.6 is 0 Å². The number of urea groups is 1. The average molecular weight is 295 g/mol. The number of carboxylic acids is 1. The smallest absolute Gasteiger partial charge is 0.317 e. The number of piperazine rings is 1. The lowest BCUT2D eigenvalue weighted by atomic mass is 10.1. The van der Waals surface area contributed by atoms with E-state index in [1.54, 1.807) is 12.2 Å². The van der Waals surface area contributed by atoms with Crippen LogP contribution in [0.15, 0.2) is 12.2 Å². The highest BCUT2D eigenvalue weighted by Crippen LogP contribution is 2.18. The maximum atomic E-state index is 12.2. The predicted molar refractivity (Wildman–Crippen MR) is 80.1 cm³/mol. The Bertz CT molecular complexity index is 416. The quantitative estimate of drug-likeness (QED) is 0.763. The zero-order valence-electron chi connectivity index (χ0n) is 12.8. The van der Waals surface area contributed by atoms with Gasteiger partial charge in [-0.1, -0.05) is 19.1 Å². The van der Waals surface area contributed by atoms with Crippen molar-refractivity contribution in [2.45, 2.75) is 38.8 Å². The van der Waals surface area contributed by atoms with Gasteiger partial charge in [-0.2, -0.15) is 0 Å². The van der Waals surface area contributed by atoms with Gasteiger partial charge in [-0.25, -0.2) is 4.79 Å². The van der Waals surface area contributed by atoms with Crippen LogP contribution in [-0.2, 0) is 4.79 Å². The summed E-state index contributed by atoms with van der Waals surface area (Å²) in [5.74, 6) is -1.30. The lowest BCUT2D eigenvalue weighted by Gasteiger charge is -2.38. The molecule has 0 radical (unpaired) electrons. The van der Waals surface area contributed by atoms with Crippen molar-refractivity contribution in [3.05, 3.63) is 12.2 Å². The van der Waals surface area contributed by atoms with Crippen LogP contribution in [0.4, 0.5) is 4.79 Å². The topological polar surface area (TPSA) is 72.9 Å². The summed E-state index contributed by atoms with van der Waals surface area (Å²) in [5, 5.41) is 11.8. The number of rotatable bonds is 4. The minimum Gasteiger partial charge on any atom is -0.481 e. The highest BCUT2D eigenvalue weighted by atomic mass is 16.4. The number of carbonyl (C=O) groups excluding carboxylic acids is 1. The number of aliphatic carboxylic acids is 1. The third kappa shape index (κ3) is 3.97. The van der Waals surface area contributed by atoms with E-state index in [1.807, 2.05) is 4.90 Å². The molecule has 21 heavy (non-hydrogen) atoms. The van der Waals surface area contributed by atoms with Crippen LogP contribution in [0.25, 0.3) is 0 Å². The van der Waals surface area contributed by atoms with Crippen molar-refractivity contribution in [3.8, 4) is 0 Å². The van der Waals surface area contributed by atoms with E-state index in [-0.39, 0.29) is 12.1 Å². The molecule has 2 aliphatic rings. The lowest BCUT2D eigenvalue weighted by molar-refractivity contribution is -0.140. The maximum absolute atomic E-state index is 12.2. The zero-order valence-corrected chi connectivity index (χ0v) is 12.8. The van der Waals surface area contributed by atoms with Gasteiger partial charge >= 0.3 is 12.0 Å². The molecule has 0 aromatic carbocycles. The molecule has 1 fully saturated rings. The zero-order chi connectivity index (χ0) is 15.4. The van der Waals surface area contributed by atoms with Gasteiger partial charge in [-0.15, -0.1) is 0 Å². The number of carbonyl (C=O) groups is 2. The Kier molecular flexibility index (Phi) is 5.22. The molecule has 3 unspecified atom stereocenters. The van der Waals surface area contributed by atoms with Crippen LogP contribution in [0, 0.1) is 5.92 Å². The summed E-state index contributed by atoms with van der Waals surface area (Å²) < 4.78 is 0. The van der Waals surface area contributed by atoms with Crippen LogP contribution in [0.1, 0.15) is 26.7 Å². The molecule has 0 saturated carbocycles. The molecular weight excluding hydrogens is 270 g/mol. The van der Waals surface area contributed by atoms with Gasteiger partial charge in [0.1, 0.15) is 0 Å². The first kappa shape index (κ1) is 15.8. The van der Waals surface area contributed by atoms with E-state index in [9.17, 15) is 9.59 Å². The molecule has 2 amide bonds. The van der Waals surface area contributed by atoms with Crippen molar-refractivity contribution in [2.75, 3.05) is 26.2 Å². The third-order valence-electron chi connectivity index (χ3n) is 4.53.